The minimum absolute atomic E-state index is 0.123. The summed E-state index contributed by atoms with van der Waals surface area (Å²) in [7, 11) is -5.00. The molecular weight excluding hydrogens is 529 g/mol. The second-order valence-corrected chi connectivity index (χ2v) is 22.9. The Labute approximate surface area is 246 Å². The second kappa shape index (κ2) is 11.3. The van der Waals surface area contributed by atoms with Crippen LogP contribution in [0.1, 0.15) is 85.1 Å². The van der Waals surface area contributed by atoms with Gasteiger partial charge in [-0.05, 0) is 103 Å². The van der Waals surface area contributed by atoms with E-state index in [1.54, 1.807) is 12.1 Å². The molecule has 0 bridgehead atoms. The summed E-state index contributed by atoms with van der Waals surface area (Å²) in [5.41, 5.74) is 5.62. The molecule has 1 N–H and O–H groups in total. The lowest BCUT2D eigenvalue weighted by Crippen LogP contribution is -2.45. The van der Waals surface area contributed by atoms with Crippen LogP contribution in [0.25, 0.3) is 0 Å². The van der Waals surface area contributed by atoms with Crippen LogP contribution in [-0.4, -0.2) is 33.5 Å². The standard InChI is InChI=1S/C35H54O3SSi/c1-24-12-16-30(17-13-24)39(37,38)23-25(2)31-18-19-32-27(11-10-20-35(31,32)7)14-15-28-21-29(36)22-33(26(28)3)40(8,9)34(4,5)6/h12-17,25,29,31-33,36H,3,10-11,18-23H2,1-2,4-9H3/b27-14+,28-15-/t25-,29-,31-,32+,33?,35-/m1/s1. The number of sulfone groups is 1. The second-order valence-electron chi connectivity index (χ2n) is 15.2. The van der Waals surface area contributed by atoms with Gasteiger partial charge >= 0.3 is 0 Å². The van der Waals surface area contributed by atoms with Crippen LogP contribution in [-0.2, 0) is 9.84 Å². The summed E-state index contributed by atoms with van der Waals surface area (Å²) < 4.78 is 26.6. The maximum Gasteiger partial charge on any atom is 0.178 e. The van der Waals surface area contributed by atoms with Crippen LogP contribution in [0, 0.1) is 30.1 Å². The van der Waals surface area contributed by atoms with Gasteiger partial charge in [-0.15, -0.1) is 0 Å². The number of aliphatic hydroxyl groups excluding tert-OH is 1. The predicted molar refractivity (Wildman–Crippen MR) is 172 cm³/mol. The Balaban J connectivity index is 1.54. The van der Waals surface area contributed by atoms with Crippen LogP contribution >= 0.6 is 0 Å². The Hall–Kier alpha value is -1.43. The number of hydrogen-bond donors (Lipinski definition) is 1. The minimum atomic E-state index is -3.31. The number of hydrogen-bond acceptors (Lipinski definition) is 3. The molecule has 0 spiro atoms. The zero-order valence-electron chi connectivity index (χ0n) is 26.4. The summed E-state index contributed by atoms with van der Waals surface area (Å²) in [6, 6.07) is 7.31. The topological polar surface area (TPSA) is 54.4 Å². The van der Waals surface area contributed by atoms with Crippen LogP contribution < -0.4 is 0 Å². The molecular formula is C35H54O3SSi. The fraction of sp³-hybridized carbons (Fsp3) is 0.657. The molecule has 3 fully saturated rings. The largest absolute Gasteiger partial charge is 0.393 e. The van der Waals surface area contributed by atoms with E-state index in [0.29, 0.717) is 28.7 Å². The van der Waals surface area contributed by atoms with Crippen molar-refractivity contribution in [2.45, 2.75) is 121 Å². The Bertz CT molecular complexity index is 1260. The maximum atomic E-state index is 13.3. The van der Waals surface area contributed by atoms with Crippen LogP contribution in [0.5, 0.6) is 0 Å². The molecule has 0 aromatic heterocycles. The molecule has 40 heavy (non-hydrogen) atoms. The molecule has 1 aromatic carbocycles. The first kappa shape index (κ1) is 31.5. The van der Waals surface area contributed by atoms with Crippen LogP contribution in [0.4, 0.5) is 0 Å². The fourth-order valence-corrected chi connectivity index (χ4v) is 12.9. The molecule has 3 aliphatic carbocycles. The molecule has 0 aliphatic heterocycles. The highest BCUT2D eigenvalue weighted by Crippen LogP contribution is 2.60. The first-order valence-corrected chi connectivity index (χ1v) is 20.3. The van der Waals surface area contributed by atoms with Gasteiger partial charge in [-0.2, -0.15) is 0 Å². The van der Waals surface area contributed by atoms with E-state index in [1.165, 1.54) is 23.1 Å². The van der Waals surface area contributed by atoms with Crippen LogP contribution in [0.3, 0.4) is 0 Å². The van der Waals surface area contributed by atoms with Gasteiger partial charge in [0.05, 0.1) is 24.8 Å². The van der Waals surface area contributed by atoms with Crippen LogP contribution in [0.2, 0.25) is 23.7 Å². The third-order valence-electron chi connectivity index (χ3n) is 11.7. The zero-order chi connectivity index (χ0) is 29.7. The van der Waals surface area contributed by atoms with Gasteiger partial charge < -0.3 is 5.11 Å². The molecule has 0 heterocycles. The number of aryl methyl sites for hydroxylation is 1. The summed E-state index contributed by atoms with van der Waals surface area (Å²) in [6.07, 6.45) is 11.6. The Morgan fingerprint density at radius 3 is 2.42 bits per heavy atom. The molecule has 1 aromatic rings. The summed E-state index contributed by atoms with van der Waals surface area (Å²) in [5.74, 6) is 1.25. The van der Waals surface area contributed by atoms with Gasteiger partial charge in [0.15, 0.2) is 9.84 Å². The lowest BCUT2D eigenvalue weighted by molar-refractivity contribution is 0.105. The molecule has 0 saturated heterocycles. The lowest BCUT2D eigenvalue weighted by atomic mass is 9.61. The maximum absolute atomic E-state index is 13.3. The van der Waals surface area contributed by atoms with E-state index in [-0.39, 0.29) is 28.2 Å². The third-order valence-corrected chi connectivity index (χ3v) is 19.8. The molecule has 222 valence electrons. The number of fused-ring (bicyclic) bond motifs is 1. The highest BCUT2D eigenvalue weighted by atomic mass is 32.2. The van der Waals surface area contributed by atoms with E-state index in [1.807, 2.05) is 19.1 Å². The van der Waals surface area contributed by atoms with Crippen molar-refractivity contribution in [3.05, 3.63) is 65.3 Å². The van der Waals surface area contributed by atoms with Gasteiger partial charge in [0.1, 0.15) is 0 Å². The van der Waals surface area contributed by atoms with E-state index in [9.17, 15) is 13.5 Å². The summed E-state index contributed by atoms with van der Waals surface area (Å²) in [6.45, 7) is 23.2. The first-order valence-electron chi connectivity index (χ1n) is 15.5. The summed E-state index contributed by atoms with van der Waals surface area (Å²) in [4.78, 5) is 0.450. The SMILES string of the molecule is C=C1/C(=C\C=C2/CCC[C@]3(C)[C@@H]([C@H](C)CS(=O)(=O)c4ccc(C)cc4)CC[C@@H]23)C[C@@H](O)CC1[Si](C)(C)C(C)(C)C. The predicted octanol–water partition coefficient (Wildman–Crippen LogP) is 9.06. The summed E-state index contributed by atoms with van der Waals surface area (Å²) >= 11 is 0. The molecule has 6 atom stereocenters. The smallest absolute Gasteiger partial charge is 0.178 e. The quantitative estimate of drug-likeness (QED) is 0.340. The van der Waals surface area contributed by atoms with Crippen molar-refractivity contribution in [3.63, 3.8) is 0 Å². The van der Waals surface area contributed by atoms with E-state index >= 15 is 0 Å². The number of allylic oxidation sites excluding steroid dienone is 4. The van der Waals surface area contributed by atoms with Gasteiger partial charge in [0.25, 0.3) is 0 Å². The van der Waals surface area contributed by atoms with Gasteiger partial charge in [0, 0.05) is 0 Å². The van der Waals surface area contributed by atoms with Crippen molar-refractivity contribution in [3.8, 4) is 0 Å². The minimum Gasteiger partial charge on any atom is -0.393 e. The van der Waals surface area contributed by atoms with E-state index in [0.717, 1.165) is 37.7 Å². The van der Waals surface area contributed by atoms with E-state index in [4.69, 9.17) is 0 Å². The van der Waals surface area contributed by atoms with Gasteiger partial charge in [-0.1, -0.05) is 95.3 Å². The fourth-order valence-electron chi connectivity index (χ4n) is 8.26. The third kappa shape index (κ3) is 6.03. The van der Waals surface area contributed by atoms with Crippen molar-refractivity contribution in [2.75, 3.05) is 5.75 Å². The van der Waals surface area contributed by atoms with Crippen molar-refractivity contribution >= 4 is 17.9 Å². The van der Waals surface area contributed by atoms with Crippen molar-refractivity contribution in [1.82, 2.24) is 0 Å². The normalized spacial score (nSPS) is 32.9. The average molecular weight is 583 g/mol. The molecule has 4 rings (SSSR count). The molecule has 3 saturated carbocycles. The van der Waals surface area contributed by atoms with Gasteiger partial charge in [-0.3, -0.25) is 0 Å². The molecule has 0 amide bonds. The summed E-state index contributed by atoms with van der Waals surface area (Å²) in [5, 5.41) is 11.1. The van der Waals surface area contributed by atoms with Crippen molar-refractivity contribution in [2.24, 2.45) is 23.2 Å². The Kier molecular flexibility index (Phi) is 8.93. The number of rotatable bonds is 6. The van der Waals surface area contributed by atoms with Crippen molar-refractivity contribution in [1.29, 1.82) is 0 Å². The lowest BCUT2D eigenvalue weighted by Gasteiger charge is -2.47. The first-order chi connectivity index (χ1) is 18.5. The van der Waals surface area contributed by atoms with Gasteiger partial charge in [-0.25, -0.2) is 8.42 Å². The van der Waals surface area contributed by atoms with E-state index < -0.39 is 17.9 Å². The van der Waals surface area contributed by atoms with Crippen molar-refractivity contribution < 1.29 is 13.5 Å². The Morgan fingerprint density at radius 1 is 1.15 bits per heavy atom. The van der Waals surface area contributed by atoms with Crippen LogP contribution in [0.15, 0.2) is 64.6 Å². The molecule has 5 heteroatoms. The molecule has 0 radical (unpaired) electrons. The monoisotopic (exact) mass is 582 g/mol. The average Bonchev–Trinajstić information content (AvgIpc) is 3.21. The van der Waals surface area contributed by atoms with E-state index in [2.05, 4.69) is 66.4 Å². The number of benzene rings is 1. The molecule has 1 unspecified atom stereocenters. The zero-order valence-corrected chi connectivity index (χ0v) is 28.2. The number of aliphatic hydroxyl groups is 1. The highest BCUT2D eigenvalue weighted by Gasteiger charge is 2.51. The highest BCUT2D eigenvalue weighted by molar-refractivity contribution is 7.91. The molecule has 3 aliphatic rings. The Morgan fingerprint density at radius 2 is 1.80 bits per heavy atom. The van der Waals surface area contributed by atoms with Gasteiger partial charge in [0.2, 0.25) is 0 Å². The molecule has 3 nitrogen and oxygen atoms in total.